The van der Waals surface area contributed by atoms with Gasteiger partial charge >= 0.3 is 0 Å². The largest absolute Gasteiger partial charge is 0.497 e. The molecule has 0 saturated carbocycles. The van der Waals surface area contributed by atoms with E-state index in [9.17, 15) is 0 Å². The van der Waals surface area contributed by atoms with E-state index < -0.39 is 0 Å². The third-order valence-electron chi connectivity index (χ3n) is 3.60. The van der Waals surface area contributed by atoms with E-state index in [1.807, 2.05) is 48.7 Å². The van der Waals surface area contributed by atoms with Gasteiger partial charge in [0, 0.05) is 6.21 Å². The van der Waals surface area contributed by atoms with E-state index in [0.29, 0.717) is 0 Å². The summed E-state index contributed by atoms with van der Waals surface area (Å²) in [5, 5.41) is 0. The van der Waals surface area contributed by atoms with Crippen LogP contribution >= 0.6 is 0 Å². The van der Waals surface area contributed by atoms with Crippen LogP contribution < -0.4 is 9.47 Å². The second-order valence-electron chi connectivity index (χ2n) is 5.40. The fourth-order valence-electron chi connectivity index (χ4n) is 2.36. The molecular weight excluding hydrogens is 286 g/mol. The van der Waals surface area contributed by atoms with Crippen molar-refractivity contribution < 1.29 is 9.47 Å². The van der Waals surface area contributed by atoms with Gasteiger partial charge in [-0.15, -0.1) is 0 Å². The van der Waals surface area contributed by atoms with Crippen LogP contribution in [0.15, 0.2) is 53.5 Å². The summed E-state index contributed by atoms with van der Waals surface area (Å²) in [5.41, 5.74) is 2.22. The predicted molar refractivity (Wildman–Crippen MR) is 95.8 cm³/mol. The van der Waals surface area contributed by atoms with Crippen LogP contribution in [0.4, 0.5) is 0 Å². The molecule has 0 aliphatic heterocycles. The number of rotatable bonds is 8. The zero-order chi connectivity index (χ0) is 16.5. The van der Waals surface area contributed by atoms with Crippen LogP contribution in [0, 0.1) is 0 Å². The lowest BCUT2D eigenvalue weighted by Crippen LogP contribution is -1.97. The third kappa shape index (κ3) is 5.13. The van der Waals surface area contributed by atoms with Gasteiger partial charge in [0.1, 0.15) is 11.5 Å². The van der Waals surface area contributed by atoms with Gasteiger partial charge in [-0.05, 0) is 48.2 Å². The Bertz CT molecular complexity index is 637. The van der Waals surface area contributed by atoms with E-state index in [0.717, 1.165) is 36.5 Å². The van der Waals surface area contributed by atoms with E-state index in [1.54, 1.807) is 7.11 Å². The zero-order valence-electron chi connectivity index (χ0n) is 14.2. The fraction of sp³-hybridized carbons (Fsp3) is 0.350. The maximum Gasteiger partial charge on any atom is 0.119 e. The molecule has 1 unspecified atom stereocenters. The summed E-state index contributed by atoms with van der Waals surface area (Å²) < 4.78 is 11.0. The van der Waals surface area contributed by atoms with Gasteiger partial charge in [-0.2, -0.15) is 0 Å². The van der Waals surface area contributed by atoms with Crippen LogP contribution in [0.3, 0.4) is 0 Å². The molecule has 0 aromatic heterocycles. The molecule has 0 bridgehead atoms. The summed E-state index contributed by atoms with van der Waals surface area (Å²) in [7, 11) is 1.69. The average molecular weight is 311 g/mol. The van der Waals surface area contributed by atoms with Crippen LogP contribution in [-0.2, 0) is 0 Å². The lowest BCUT2D eigenvalue weighted by Gasteiger charge is -2.11. The minimum absolute atomic E-state index is 0.130. The van der Waals surface area contributed by atoms with Crippen molar-refractivity contribution in [3.63, 3.8) is 0 Å². The Balaban J connectivity index is 2.12. The summed E-state index contributed by atoms with van der Waals surface area (Å²) >= 11 is 0. The Hall–Kier alpha value is -2.29. The van der Waals surface area contributed by atoms with Gasteiger partial charge in [0.15, 0.2) is 0 Å². The van der Waals surface area contributed by atoms with Crippen molar-refractivity contribution in [2.24, 2.45) is 4.99 Å². The number of aliphatic imine (C=N–C) groups is 1. The predicted octanol–water partition coefficient (Wildman–Crippen LogP) is 5.05. The molecule has 2 aromatic carbocycles. The normalized spacial score (nSPS) is 12.3. The van der Waals surface area contributed by atoms with Crippen LogP contribution in [-0.4, -0.2) is 19.9 Å². The molecule has 0 heterocycles. The summed E-state index contributed by atoms with van der Waals surface area (Å²) in [4.78, 5) is 4.74. The maximum atomic E-state index is 5.67. The number of nitrogens with zero attached hydrogens (tertiary/aromatic N) is 1. The minimum Gasteiger partial charge on any atom is -0.497 e. The van der Waals surface area contributed by atoms with Crippen molar-refractivity contribution in [3.05, 3.63) is 59.7 Å². The molecule has 0 amide bonds. The monoisotopic (exact) mass is 311 g/mol. The van der Waals surface area contributed by atoms with Gasteiger partial charge in [-0.1, -0.05) is 38.1 Å². The van der Waals surface area contributed by atoms with Gasteiger partial charge < -0.3 is 9.47 Å². The molecule has 122 valence electrons. The van der Waals surface area contributed by atoms with Crippen molar-refractivity contribution >= 4 is 6.21 Å². The molecule has 1 atom stereocenters. The minimum atomic E-state index is 0.130. The smallest absolute Gasteiger partial charge is 0.119 e. The second kappa shape index (κ2) is 8.99. The topological polar surface area (TPSA) is 30.8 Å². The number of hydrogen-bond acceptors (Lipinski definition) is 3. The molecule has 0 N–H and O–H groups in total. The Kier molecular flexibility index (Phi) is 6.67. The molecule has 2 aromatic rings. The van der Waals surface area contributed by atoms with E-state index in [1.165, 1.54) is 5.56 Å². The van der Waals surface area contributed by atoms with Crippen molar-refractivity contribution in [2.45, 2.75) is 32.7 Å². The van der Waals surface area contributed by atoms with E-state index in [2.05, 4.69) is 19.9 Å². The molecular formula is C20H25NO2. The number of ether oxygens (including phenoxy) is 2. The Morgan fingerprint density at radius 1 is 1.04 bits per heavy atom. The molecule has 0 aliphatic rings. The van der Waals surface area contributed by atoms with Crippen LogP contribution in [0.25, 0.3) is 0 Å². The van der Waals surface area contributed by atoms with E-state index >= 15 is 0 Å². The summed E-state index contributed by atoms with van der Waals surface area (Å²) in [6.45, 7) is 4.98. The SMILES string of the molecule is CCCOc1cccc(C=NC(CC)c2cccc(OC)c2)c1. The first-order valence-corrected chi connectivity index (χ1v) is 8.16. The Morgan fingerprint density at radius 3 is 2.57 bits per heavy atom. The molecule has 0 radical (unpaired) electrons. The highest BCUT2D eigenvalue weighted by Crippen LogP contribution is 2.24. The number of benzene rings is 2. The first-order valence-electron chi connectivity index (χ1n) is 8.16. The van der Waals surface area contributed by atoms with Crippen molar-refractivity contribution in [2.75, 3.05) is 13.7 Å². The Morgan fingerprint density at radius 2 is 1.83 bits per heavy atom. The van der Waals surface area contributed by atoms with Crippen molar-refractivity contribution in [1.29, 1.82) is 0 Å². The first kappa shape index (κ1) is 17.1. The third-order valence-corrected chi connectivity index (χ3v) is 3.60. The molecule has 0 spiro atoms. The fourth-order valence-corrected chi connectivity index (χ4v) is 2.36. The van der Waals surface area contributed by atoms with Gasteiger partial charge in [0.2, 0.25) is 0 Å². The molecule has 2 rings (SSSR count). The molecule has 3 nitrogen and oxygen atoms in total. The maximum absolute atomic E-state index is 5.67. The first-order chi connectivity index (χ1) is 11.3. The van der Waals surface area contributed by atoms with Crippen LogP contribution in [0.2, 0.25) is 0 Å². The summed E-state index contributed by atoms with van der Waals surface area (Å²) in [6, 6.07) is 16.3. The zero-order valence-corrected chi connectivity index (χ0v) is 14.2. The standard InChI is InChI=1S/C20H25NO2/c1-4-12-23-19-11-6-8-16(13-19)15-21-20(5-2)17-9-7-10-18(14-17)22-3/h6-11,13-15,20H,4-5,12H2,1-3H3. The lowest BCUT2D eigenvalue weighted by atomic mass is 10.0. The van der Waals surface area contributed by atoms with Crippen LogP contribution in [0.1, 0.15) is 43.9 Å². The molecule has 0 saturated heterocycles. The average Bonchev–Trinajstić information content (AvgIpc) is 2.61. The van der Waals surface area contributed by atoms with Gasteiger partial charge in [-0.3, -0.25) is 4.99 Å². The highest BCUT2D eigenvalue weighted by Gasteiger charge is 2.07. The molecule has 0 fully saturated rings. The van der Waals surface area contributed by atoms with Crippen molar-refractivity contribution in [3.8, 4) is 11.5 Å². The van der Waals surface area contributed by atoms with E-state index in [4.69, 9.17) is 14.5 Å². The summed E-state index contributed by atoms with van der Waals surface area (Å²) in [6.07, 6.45) is 3.87. The molecule has 3 heteroatoms. The van der Waals surface area contributed by atoms with Gasteiger partial charge in [0.05, 0.1) is 19.8 Å². The lowest BCUT2D eigenvalue weighted by molar-refractivity contribution is 0.317. The Labute approximate surface area is 139 Å². The van der Waals surface area contributed by atoms with Gasteiger partial charge in [0.25, 0.3) is 0 Å². The highest BCUT2D eigenvalue weighted by atomic mass is 16.5. The van der Waals surface area contributed by atoms with Crippen LogP contribution in [0.5, 0.6) is 11.5 Å². The molecule has 0 aliphatic carbocycles. The quantitative estimate of drug-likeness (QED) is 0.638. The van der Waals surface area contributed by atoms with E-state index in [-0.39, 0.29) is 6.04 Å². The highest BCUT2D eigenvalue weighted by molar-refractivity contribution is 5.80. The summed E-state index contributed by atoms with van der Waals surface area (Å²) in [5.74, 6) is 1.76. The number of methoxy groups -OCH3 is 1. The molecule has 23 heavy (non-hydrogen) atoms. The number of hydrogen-bond donors (Lipinski definition) is 0. The van der Waals surface area contributed by atoms with Gasteiger partial charge in [-0.25, -0.2) is 0 Å². The van der Waals surface area contributed by atoms with Crippen molar-refractivity contribution in [1.82, 2.24) is 0 Å². The second-order valence-corrected chi connectivity index (χ2v) is 5.40.